The normalized spacial score (nSPS) is 10.3. The van der Waals surface area contributed by atoms with Gasteiger partial charge in [-0.25, -0.2) is 0 Å². The summed E-state index contributed by atoms with van der Waals surface area (Å²) in [6.07, 6.45) is 0.341. The fraction of sp³-hybridized carbons (Fsp3) is 0.133. The first kappa shape index (κ1) is 14.3. The Morgan fingerprint density at radius 2 is 1.89 bits per heavy atom. The van der Waals surface area contributed by atoms with Crippen LogP contribution >= 0.6 is 34.2 Å². The topological polar surface area (TPSA) is 26.3 Å². The van der Waals surface area contributed by atoms with E-state index in [1.807, 2.05) is 24.3 Å². The standard InChI is InChI=1S/C15H12ClIO2/c1-19-15-7-4-11(16)9-13(15)14(18)8-10-2-5-12(17)6-3-10/h2-7,9H,8H2,1H3. The van der Waals surface area contributed by atoms with Crippen LogP contribution in [0.3, 0.4) is 0 Å². The van der Waals surface area contributed by atoms with Crippen LogP contribution in [0.2, 0.25) is 5.02 Å². The van der Waals surface area contributed by atoms with Crippen molar-refractivity contribution in [2.45, 2.75) is 6.42 Å². The molecule has 0 heterocycles. The van der Waals surface area contributed by atoms with Crippen LogP contribution in [0.5, 0.6) is 5.75 Å². The van der Waals surface area contributed by atoms with E-state index < -0.39 is 0 Å². The highest BCUT2D eigenvalue weighted by molar-refractivity contribution is 14.1. The fourth-order valence-electron chi connectivity index (χ4n) is 1.78. The number of methoxy groups -OCH3 is 1. The van der Waals surface area contributed by atoms with Crippen LogP contribution in [0, 0.1) is 3.57 Å². The average Bonchev–Trinajstić information content (AvgIpc) is 2.41. The minimum atomic E-state index is 0.000517. The Labute approximate surface area is 130 Å². The third-order valence-corrected chi connectivity index (χ3v) is 3.69. The third kappa shape index (κ3) is 3.70. The lowest BCUT2D eigenvalue weighted by Crippen LogP contribution is -2.05. The first-order valence-corrected chi connectivity index (χ1v) is 7.17. The Morgan fingerprint density at radius 3 is 2.53 bits per heavy atom. The number of hydrogen-bond acceptors (Lipinski definition) is 2. The van der Waals surface area contributed by atoms with E-state index in [4.69, 9.17) is 16.3 Å². The summed E-state index contributed by atoms with van der Waals surface area (Å²) in [5.74, 6) is 0.556. The molecule has 2 aromatic carbocycles. The molecule has 2 aromatic rings. The van der Waals surface area contributed by atoms with Crippen molar-refractivity contribution < 1.29 is 9.53 Å². The monoisotopic (exact) mass is 386 g/mol. The van der Waals surface area contributed by atoms with Crippen molar-refractivity contribution in [1.29, 1.82) is 0 Å². The molecule has 0 aromatic heterocycles. The molecule has 0 saturated carbocycles. The van der Waals surface area contributed by atoms with Gasteiger partial charge in [-0.3, -0.25) is 4.79 Å². The maximum absolute atomic E-state index is 12.3. The summed E-state index contributed by atoms with van der Waals surface area (Å²) < 4.78 is 6.34. The predicted octanol–water partition coefficient (Wildman–Crippen LogP) is 4.38. The van der Waals surface area contributed by atoms with Crippen LogP contribution < -0.4 is 4.74 Å². The second-order valence-electron chi connectivity index (χ2n) is 4.07. The Morgan fingerprint density at radius 1 is 1.21 bits per heavy atom. The summed E-state index contributed by atoms with van der Waals surface area (Å²) >= 11 is 8.17. The van der Waals surface area contributed by atoms with Crippen LogP contribution in [-0.2, 0) is 6.42 Å². The molecule has 2 nitrogen and oxygen atoms in total. The zero-order chi connectivity index (χ0) is 13.8. The van der Waals surface area contributed by atoms with E-state index in [1.165, 1.54) is 0 Å². The summed E-state index contributed by atoms with van der Waals surface area (Å²) in [6.45, 7) is 0. The number of hydrogen-bond donors (Lipinski definition) is 0. The molecule has 19 heavy (non-hydrogen) atoms. The lowest BCUT2D eigenvalue weighted by molar-refractivity contribution is 0.0990. The van der Waals surface area contributed by atoms with E-state index in [9.17, 15) is 4.79 Å². The van der Waals surface area contributed by atoms with Crippen LogP contribution in [-0.4, -0.2) is 12.9 Å². The van der Waals surface area contributed by atoms with Gasteiger partial charge in [0.15, 0.2) is 5.78 Å². The number of Topliss-reactive ketones (excluding diaryl/α,β-unsaturated/α-hetero) is 1. The summed E-state index contributed by atoms with van der Waals surface area (Å²) in [5, 5.41) is 0.534. The zero-order valence-electron chi connectivity index (χ0n) is 10.3. The molecule has 0 fully saturated rings. The Bertz CT molecular complexity index is 594. The highest BCUT2D eigenvalue weighted by Crippen LogP contribution is 2.24. The SMILES string of the molecule is COc1ccc(Cl)cc1C(=O)Cc1ccc(I)cc1. The van der Waals surface area contributed by atoms with Gasteiger partial charge in [0.25, 0.3) is 0 Å². The van der Waals surface area contributed by atoms with E-state index in [0.29, 0.717) is 22.8 Å². The molecule has 0 radical (unpaired) electrons. The molecule has 0 aliphatic heterocycles. The molecule has 0 saturated heterocycles. The molecule has 4 heteroatoms. The van der Waals surface area contributed by atoms with Gasteiger partial charge in [-0.15, -0.1) is 0 Å². The molecule has 0 atom stereocenters. The van der Waals surface area contributed by atoms with Gasteiger partial charge in [0, 0.05) is 15.0 Å². The molecule has 0 unspecified atom stereocenters. The number of rotatable bonds is 4. The van der Waals surface area contributed by atoms with Crippen molar-refractivity contribution in [3.8, 4) is 5.75 Å². The largest absolute Gasteiger partial charge is 0.496 e. The summed E-state index contributed by atoms with van der Waals surface area (Å²) in [5.41, 5.74) is 1.50. The van der Waals surface area contributed by atoms with Gasteiger partial charge in [0.1, 0.15) is 5.75 Å². The van der Waals surface area contributed by atoms with Gasteiger partial charge in [0.05, 0.1) is 12.7 Å². The molecule has 0 bridgehead atoms. The maximum atomic E-state index is 12.3. The number of ketones is 1. The quantitative estimate of drug-likeness (QED) is 0.576. The predicted molar refractivity (Wildman–Crippen MR) is 85.2 cm³/mol. The van der Waals surface area contributed by atoms with E-state index in [-0.39, 0.29) is 5.78 Å². The first-order chi connectivity index (χ1) is 9.10. The molecule has 0 N–H and O–H groups in total. The van der Waals surface area contributed by atoms with Gasteiger partial charge in [0.2, 0.25) is 0 Å². The molecule has 2 rings (SSSR count). The average molecular weight is 387 g/mol. The number of carbonyl (C=O) groups excluding carboxylic acids is 1. The summed E-state index contributed by atoms with van der Waals surface area (Å²) in [6, 6.07) is 12.9. The van der Waals surface area contributed by atoms with Gasteiger partial charge in [-0.2, -0.15) is 0 Å². The molecule has 0 aliphatic carbocycles. The van der Waals surface area contributed by atoms with E-state index in [2.05, 4.69) is 22.6 Å². The molecule has 0 spiro atoms. The van der Waals surface area contributed by atoms with Crippen LogP contribution in [0.4, 0.5) is 0 Å². The van der Waals surface area contributed by atoms with Gasteiger partial charge >= 0.3 is 0 Å². The zero-order valence-corrected chi connectivity index (χ0v) is 13.2. The smallest absolute Gasteiger partial charge is 0.171 e. The van der Waals surface area contributed by atoms with Crippen molar-refractivity contribution >= 4 is 40.0 Å². The van der Waals surface area contributed by atoms with Crippen molar-refractivity contribution in [2.24, 2.45) is 0 Å². The first-order valence-electron chi connectivity index (χ1n) is 5.71. The van der Waals surface area contributed by atoms with Crippen molar-refractivity contribution in [1.82, 2.24) is 0 Å². The fourth-order valence-corrected chi connectivity index (χ4v) is 2.31. The van der Waals surface area contributed by atoms with Gasteiger partial charge < -0.3 is 4.74 Å². The molecular formula is C15H12ClIO2. The maximum Gasteiger partial charge on any atom is 0.171 e. The van der Waals surface area contributed by atoms with Crippen LogP contribution in [0.25, 0.3) is 0 Å². The van der Waals surface area contributed by atoms with E-state index >= 15 is 0 Å². The van der Waals surface area contributed by atoms with E-state index in [1.54, 1.807) is 25.3 Å². The number of ether oxygens (including phenoxy) is 1. The minimum absolute atomic E-state index is 0.000517. The van der Waals surface area contributed by atoms with E-state index in [0.717, 1.165) is 9.13 Å². The Kier molecular flexibility index (Phi) is 4.82. The number of benzene rings is 2. The minimum Gasteiger partial charge on any atom is -0.496 e. The molecule has 0 amide bonds. The Balaban J connectivity index is 2.24. The van der Waals surface area contributed by atoms with Crippen molar-refractivity contribution in [2.75, 3.05) is 7.11 Å². The Hall–Kier alpha value is -1.07. The second-order valence-corrected chi connectivity index (χ2v) is 5.75. The lowest BCUT2D eigenvalue weighted by atomic mass is 10.0. The summed E-state index contributed by atoms with van der Waals surface area (Å²) in [7, 11) is 1.55. The highest BCUT2D eigenvalue weighted by Gasteiger charge is 2.13. The third-order valence-electron chi connectivity index (χ3n) is 2.74. The molecule has 0 aliphatic rings. The van der Waals surface area contributed by atoms with Gasteiger partial charge in [-0.05, 0) is 58.5 Å². The summed E-state index contributed by atoms with van der Waals surface area (Å²) in [4.78, 5) is 12.3. The number of carbonyl (C=O) groups is 1. The number of halogens is 2. The van der Waals surface area contributed by atoms with Crippen molar-refractivity contribution in [3.05, 3.63) is 62.2 Å². The van der Waals surface area contributed by atoms with Crippen LogP contribution in [0.15, 0.2) is 42.5 Å². The van der Waals surface area contributed by atoms with Gasteiger partial charge in [-0.1, -0.05) is 23.7 Å². The van der Waals surface area contributed by atoms with Crippen molar-refractivity contribution in [3.63, 3.8) is 0 Å². The molecular weight excluding hydrogens is 375 g/mol. The highest BCUT2D eigenvalue weighted by atomic mass is 127. The lowest BCUT2D eigenvalue weighted by Gasteiger charge is -2.08. The molecule has 98 valence electrons. The van der Waals surface area contributed by atoms with Crippen LogP contribution in [0.1, 0.15) is 15.9 Å². The second kappa shape index (κ2) is 6.39.